The molecule has 0 aliphatic carbocycles. The molecule has 0 saturated heterocycles. The molecular formula is C22H22N4O2. The molecule has 0 fully saturated rings. The molecule has 0 bridgehead atoms. The van der Waals surface area contributed by atoms with Crippen molar-refractivity contribution < 1.29 is 9.59 Å². The van der Waals surface area contributed by atoms with Crippen molar-refractivity contribution in [3.05, 3.63) is 82.7 Å². The molecule has 0 atom stereocenters. The van der Waals surface area contributed by atoms with Gasteiger partial charge in [-0.05, 0) is 44.5 Å². The molecule has 2 amide bonds. The van der Waals surface area contributed by atoms with Crippen molar-refractivity contribution in [3.8, 4) is 0 Å². The molecule has 3 aromatic rings. The first-order chi connectivity index (χ1) is 13.5. The lowest BCUT2D eigenvalue weighted by atomic mass is 10.1. The van der Waals surface area contributed by atoms with Crippen LogP contribution in [-0.2, 0) is 4.79 Å². The number of hydrazone groups is 1. The quantitative estimate of drug-likeness (QED) is 0.362. The van der Waals surface area contributed by atoms with E-state index in [2.05, 4.69) is 20.8 Å². The molecule has 1 heterocycles. The summed E-state index contributed by atoms with van der Waals surface area (Å²) in [6.45, 7) is 5.46. The number of aromatic nitrogens is 1. The Morgan fingerprint density at radius 1 is 1.00 bits per heavy atom. The Kier molecular flexibility index (Phi) is 5.69. The predicted octanol–water partition coefficient (Wildman–Crippen LogP) is 3.65. The predicted molar refractivity (Wildman–Crippen MR) is 111 cm³/mol. The zero-order valence-corrected chi connectivity index (χ0v) is 16.0. The lowest BCUT2D eigenvalue weighted by Crippen LogP contribution is -2.33. The van der Waals surface area contributed by atoms with Gasteiger partial charge >= 0.3 is 0 Å². The number of allylic oxidation sites excluding steroid dienone is 1. The Balaban J connectivity index is 1.73. The van der Waals surface area contributed by atoms with Gasteiger partial charge < -0.3 is 10.3 Å². The lowest BCUT2D eigenvalue weighted by Gasteiger charge is -2.10. The summed E-state index contributed by atoms with van der Waals surface area (Å²) in [4.78, 5) is 28.2. The van der Waals surface area contributed by atoms with Crippen LogP contribution < -0.4 is 10.7 Å². The number of fused-ring (bicyclic) bond motifs is 1. The smallest absolute Gasteiger partial charge is 0.287 e. The number of aromatic amines is 1. The highest BCUT2D eigenvalue weighted by molar-refractivity contribution is 6.04. The summed E-state index contributed by atoms with van der Waals surface area (Å²) < 4.78 is 0. The first kappa shape index (κ1) is 19.1. The van der Waals surface area contributed by atoms with Crippen molar-refractivity contribution in [1.29, 1.82) is 0 Å². The van der Waals surface area contributed by atoms with E-state index in [1.807, 2.05) is 37.3 Å². The second-order valence-electron chi connectivity index (χ2n) is 6.60. The van der Waals surface area contributed by atoms with Crippen molar-refractivity contribution in [2.45, 2.75) is 20.8 Å². The Morgan fingerprint density at radius 2 is 1.68 bits per heavy atom. The average Bonchev–Trinajstić information content (AvgIpc) is 3.01. The van der Waals surface area contributed by atoms with Gasteiger partial charge in [0.25, 0.3) is 11.8 Å². The fourth-order valence-electron chi connectivity index (χ4n) is 2.86. The number of aryl methyl sites for hydroxylation is 1. The third-order valence-electron chi connectivity index (χ3n) is 4.30. The number of nitrogens with one attached hydrogen (secondary N) is 3. The van der Waals surface area contributed by atoms with E-state index in [1.54, 1.807) is 44.3 Å². The van der Waals surface area contributed by atoms with Gasteiger partial charge in [-0.1, -0.05) is 36.4 Å². The fourth-order valence-corrected chi connectivity index (χ4v) is 2.86. The van der Waals surface area contributed by atoms with Crippen LogP contribution >= 0.6 is 0 Å². The molecule has 142 valence electrons. The topological polar surface area (TPSA) is 86.3 Å². The van der Waals surface area contributed by atoms with Gasteiger partial charge in [0.1, 0.15) is 5.70 Å². The van der Waals surface area contributed by atoms with E-state index in [0.29, 0.717) is 11.1 Å². The third kappa shape index (κ3) is 4.17. The fraction of sp³-hybridized carbons (Fsp3) is 0.136. The number of nitrogens with zero attached hydrogens (tertiary/aromatic N) is 1. The normalized spacial score (nSPS) is 10.8. The summed E-state index contributed by atoms with van der Waals surface area (Å²) in [5, 5.41) is 7.77. The number of hydrogen-bond donors (Lipinski definition) is 3. The Hall–Kier alpha value is -3.67. The summed E-state index contributed by atoms with van der Waals surface area (Å²) in [7, 11) is 0. The molecular weight excluding hydrogens is 352 g/mol. The highest BCUT2D eigenvalue weighted by Crippen LogP contribution is 2.19. The van der Waals surface area contributed by atoms with Crippen LogP contribution in [0.4, 0.5) is 0 Å². The standard InChI is InChI=1S/C22H22N4O2/c1-14(2)20(25-21(27)16-9-5-4-6-10-16)22(28)26-23-13-18-15(3)24-19-12-8-7-11-17(18)19/h4-13,24H,1-3H3,(H,25,27)(H,26,28)/b23-13+. The minimum absolute atomic E-state index is 0.182. The van der Waals surface area contributed by atoms with Crippen LogP contribution in [0.3, 0.4) is 0 Å². The minimum atomic E-state index is -0.474. The van der Waals surface area contributed by atoms with Crippen LogP contribution in [0.15, 0.2) is 71.0 Å². The summed E-state index contributed by atoms with van der Waals surface area (Å²) in [5.41, 5.74) is 6.71. The maximum Gasteiger partial charge on any atom is 0.287 e. The monoisotopic (exact) mass is 374 g/mol. The second-order valence-corrected chi connectivity index (χ2v) is 6.60. The molecule has 0 unspecified atom stereocenters. The van der Waals surface area contributed by atoms with Crippen LogP contribution in [0.2, 0.25) is 0 Å². The average molecular weight is 374 g/mol. The molecule has 6 nitrogen and oxygen atoms in total. The maximum absolute atomic E-state index is 12.5. The number of carbonyl (C=O) groups is 2. The molecule has 0 radical (unpaired) electrons. The van der Waals surface area contributed by atoms with Crippen LogP contribution in [0, 0.1) is 6.92 Å². The molecule has 28 heavy (non-hydrogen) atoms. The van der Waals surface area contributed by atoms with Crippen LogP contribution in [0.5, 0.6) is 0 Å². The number of carbonyl (C=O) groups excluding carboxylic acids is 2. The van der Waals surface area contributed by atoms with Gasteiger partial charge in [0.05, 0.1) is 6.21 Å². The van der Waals surface area contributed by atoms with Gasteiger partial charge in [-0.3, -0.25) is 9.59 Å². The van der Waals surface area contributed by atoms with Crippen LogP contribution in [0.25, 0.3) is 10.9 Å². The van der Waals surface area contributed by atoms with Crippen molar-refractivity contribution in [3.63, 3.8) is 0 Å². The van der Waals surface area contributed by atoms with Gasteiger partial charge in [-0.25, -0.2) is 5.43 Å². The van der Waals surface area contributed by atoms with E-state index < -0.39 is 5.91 Å². The lowest BCUT2D eigenvalue weighted by molar-refractivity contribution is -0.117. The number of para-hydroxylation sites is 1. The first-order valence-corrected chi connectivity index (χ1v) is 8.92. The van der Waals surface area contributed by atoms with Crippen LogP contribution in [-0.4, -0.2) is 23.0 Å². The van der Waals surface area contributed by atoms with Gasteiger partial charge in [0.15, 0.2) is 0 Å². The number of H-pyrrole nitrogens is 1. The molecule has 3 N–H and O–H groups in total. The van der Waals surface area contributed by atoms with Crippen molar-refractivity contribution in [2.24, 2.45) is 5.10 Å². The van der Waals surface area contributed by atoms with Gasteiger partial charge in [0.2, 0.25) is 0 Å². The maximum atomic E-state index is 12.5. The van der Waals surface area contributed by atoms with E-state index >= 15 is 0 Å². The number of hydrogen-bond acceptors (Lipinski definition) is 3. The Labute approximate surface area is 163 Å². The second kappa shape index (κ2) is 8.35. The number of benzene rings is 2. The van der Waals surface area contributed by atoms with Crippen molar-refractivity contribution in [2.75, 3.05) is 0 Å². The zero-order chi connectivity index (χ0) is 20.1. The largest absolute Gasteiger partial charge is 0.358 e. The molecule has 3 rings (SSSR count). The summed E-state index contributed by atoms with van der Waals surface area (Å²) in [5.74, 6) is -0.818. The van der Waals surface area contributed by atoms with E-state index in [4.69, 9.17) is 0 Å². The first-order valence-electron chi connectivity index (χ1n) is 8.92. The SMILES string of the molecule is CC(C)=C(NC(=O)c1ccccc1)C(=O)N/N=C/c1c(C)[nH]c2ccccc12. The van der Waals surface area contributed by atoms with Crippen LogP contribution in [0.1, 0.15) is 35.5 Å². The minimum Gasteiger partial charge on any atom is -0.358 e. The molecule has 0 saturated carbocycles. The number of rotatable bonds is 5. The highest BCUT2D eigenvalue weighted by Gasteiger charge is 2.15. The van der Waals surface area contributed by atoms with E-state index in [1.165, 1.54) is 0 Å². The van der Waals surface area contributed by atoms with Crippen molar-refractivity contribution in [1.82, 2.24) is 15.7 Å². The Morgan fingerprint density at radius 3 is 2.39 bits per heavy atom. The van der Waals surface area contributed by atoms with E-state index in [0.717, 1.165) is 22.2 Å². The molecule has 1 aromatic heterocycles. The van der Waals surface area contributed by atoms with Crippen molar-refractivity contribution >= 4 is 28.9 Å². The molecule has 0 spiro atoms. The molecule has 6 heteroatoms. The van der Waals surface area contributed by atoms with E-state index in [-0.39, 0.29) is 11.6 Å². The zero-order valence-electron chi connectivity index (χ0n) is 16.0. The van der Waals surface area contributed by atoms with Gasteiger partial charge in [0, 0.05) is 27.7 Å². The highest BCUT2D eigenvalue weighted by atomic mass is 16.2. The number of amides is 2. The Bertz CT molecular complexity index is 1070. The van der Waals surface area contributed by atoms with Gasteiger partial charge in [-0.2, -0.15) is 5.10 Å². The summed E-state index contributed by atoms with van der Waals surface area (Å²) >= 11 is 0. The summed E-state index contributed by atoms with van der Waals surface area (Å²) in [6, 6.07) is 16.6. The summed E-state index contributed by atoms with van der Waals surface area (Å²) in [6.07, 6.45) is 1.60. The molecule has 2 aromatic carbocycles. The third-order valence-corrected chi connectivity index (χ3v) is 4.30. The van der Waals surface area contributed by atoms with Gasteiger partial charge in [-0.15, -0.1) is 0 Å². The molecule has 0 aliphatic rings. The van der Waals surface area contributed by atoms with E-state index in [9.17, 15) is 9.59 Å². The molecule has 0 aliphatic heterocycles.